The molecule has 132 valence electrons. The molecule has 0 aliphatic carbocycles. The second kappa shape index (κ2) is 8.86. The molecule has 0 bridgehead atoms. The highest BCUT2D eigenvalue weighted by Crippen LogP contribution is 2.09. The first kappa shape index (κ1) is 18.5. The van der Waals surface area contributed by atoms with Crippen LogP contribution in [0.25, 0.3) is 0 Å². The van der Waals surface area contributed by atoms with E-state index in [0.717, 1.165) is 5.56 Å². The fraction of sp³-hybridized carbons (Fsp3) is 0.500. The number of urea groups is 1. The summed E-state index contributed by atoms with van der Waals surface area (Å²) in [4.78, 5) is 25.6. The normalized spacial score (nSPS) is 18.8. The summed E-state index contributed by atoms with van der Waals surface area (Å²) in [6.07, 6.45) is -0.165. The highest BCUT2D eigenvalue weighted by atomic mass is 35.5. The Morgan fingerprint density at radius 3 is 2.75 bits per heavy atom. The van der Waals surface area contributed by atoms with Crippen LogP contribution in [0, 0.1) is 0 Å². The van der Waals surface area contributed by atoms with Gasteiger partial charge in [-0.1, -0.05) is 23.7 Å². The van der Waals surface area contributed by atoms with E-state index in [1.54, 1.807) is 17.0 Å². The van der Waals surface area contributed by atoms with Crippen LogP contribution in [0.2, 0.25) is 5.02 Å². The van der Waals surface area contributed by atoms with Gasteiger partial charge in [-0.15, -0.1) is 0 Å². The van der Waals surface area contributed by atoms with Crippen LogP contribution in [-0.2, 0) is 16.1 Å². The Kier molecular flexibility index (Phi) is 6.84. The third kappa shape index (κ3) is 5.67. The molecule has 0 radical (unpaired) electrons. The number of nitrogens with zero attached hydrogens (tertiary/aromatic N) is 1. The number of carbonyl (C=O) groups is 2. The third-order valence-corrected chi connectivity index (χ3v) is 4.05. The minimum absolute atomic E-state index is 0.0574. The third-order valence-electron chi connectivity index (χ3n) is 3.80. The monoisotopic (exact) mass is 354 g/mol. The van der Waals surface area contributed by atoms with Crippen molar-refractivity contribution in [1.82, 2.24) is 15.5 Å². The van der Waals surface area contributed by atoms with Crippen LogP contribution in [0.3, 0.4) is 0 Å². The van der Waals surface area contributed by atoms with Gasteiger partial charge in [0.05, 0.1) is 19.3 Å². The molecule has 2 atom stereocenters. The van der Waals surface area contributed by atoms with Crippen molar-refractivity contribution >= 4 is 23.5 Å². The maximum Gasteiger partial charge on any atom is 0.315 e. The molecule has 8 heteroatoms. The van der Waals surface area contributed by atoms with Gasteiger partial charge in [0.2, 0.25) is 5.91 Å². The molecule has 24 heavy (non-hydrogen) atoms. The number of ether oxygens (including phenoxy) is 1. The number of hydrogen-bond acceptors (Lipinski definition) is 4. The molecule has 1 fully saturated rings. The zero-order chi connectivity index (χ0) is 17.5. The lowest BCUT2D eigenvalue weighted by Gasteiger charge is -2.34. The zero-order valence-corrected chi connectivity index (χ0v) is 14.4. The molecule has 0 spiro atoms. The molecule has 0 aromatic heterocycles. The standard InChI is InChI=1S/C16H23ClN4O3/c1-11(18)14-10-21(6-7-24-14)15(22)9-20-16(23)19-8-12-2-4-13(17)5-3-12/h2-5,11,14H,6-10,18H2,1H3,(H2,19,20,23)/t11-,14+/m1/s1. The number of halogens is 1. The Hall–Kier alpha value is -1.83. The van der Waals surface area contributed by atoms with E-state index in [0.29, 0.717) is 31.3 Å². The Morgan fingerprint density at radius 1 is 1.38 bits per heavy atom. The minimum atomic E-state index is -0.393. The lowest BCUT2D eigenvalue weighted by atomic mass is 10.1. The van der Waals surface area contributed by atoms with Crippen molar-refractivity contribution in [1.29, 1.82) is 0 Å². The Balaban J connectivity index is 1.71. The maximum absolute atomic E-state index is 12.2. The lowest BCUT2D eigenvalue weighted by molar-refractivity contribution is -0.138. The van der Waals surface area contributed by atoms with Crippen molar-refractivity contribution in [3.05, 3.63) is 34.9 Å². The molecule has 3 amide bonds. The van der Waals surface area contributed by atoms with Gasteiger partial charge in [0, 0.05) is 30.7 Å². The molecule has 2 rings (SSSR count). The molecule has 1 aromatic rings. The average molecular weight is 355 g/mol. The van der Waals surface area contributed by atoms with Gasteiger partial charge >= 0.3 is 6.03 Å². The number of morpholine rings is 1. The van der Waals surface area contributed by atoms with Crippen LogP contribution in [0.5, 0.6) is 0 Å². The van der Waals surface area contributed by atoms with E-state index in [1.165, 1.54) is 0 Å². The molecule has 7 nitrogen and oxygen atoms in total. The van der Waals surface area contributed by atoms with E-state index in [-0.39, 0.29) is 24.6 Å². The largest absolute Gasteiger partial charge is 0.373 e. The van der Waals surface area contributed by atoms with Gasteiger partial charge in [-0.25, -0.2) is 4.79 Å². The summed E-state index contributed by atoms with van der Waals surface area (Å²) in [5.74, 6) is -0.148. The molecule has 1 aliphatic heterocycles. The quantitative estimate of drug-likeness (QED) is 0.725. The summed E-state index contributed by atoms with van der Waals surface area (Å²) in [6, 6.07) is 6.64. The predicted octanol–water partition coefficient (Wildman–Crippen LogP) is 0.714. The van der Waals surface area contributed by atoms with E-state index < -0.39 is 6.03 Å². The number of nitrogens with two attached hydrogens (primary N) is 1. The minimum Gasteiger partial charge on any atom is -0.373 e. The van der Waals surface area contributed by atoms with Gasteiger partial charge in [-0.2, -0.15) is 0 Å². The van der Waals surface area contributed by atoms with Crippen LogP contribution < -0.4 is 16.4 Å². The fourth-order valence-electron chi connectivity index (χ4n) is 2.33. The molecule has 1 heterocycles. The molecule has 1 aromatic carbocycles. The van der Waals surface area contributed by atoms with E-state index in [2.05, 4.69) is 10.6 Å². The van der Waals surface area contributed by atoms with Crippen LogP contribution >= 0.6 is 11.6 Å². The maximum atomic E-state index is 12.2. The van der Waals surface area contributed by atoms with Crippen LogP contribution in [0.15, 0.2) is 24.3 Å². The molecule has 1 saturated heterocycles. The Morgan fingerprint density at radius 2 is 2.08 bits per heavy atom. The fourth-order valence-corrected chi connectivity index (χ4v) is 2.46. The van der Waals surface area contributed by atoms with Gasteiger partial charge in [0.1, 0.15) is 0 Å². The smallest absolute Gasteiger partial charge is 0.315 e. The second-order valence-corrected chi connectivity index (χ2v) is 6.21. The van der Waals surface area contributed by atoms with Gasteiger partial charge < -0.3 is 26.0 Å². The molecular formula is C16H23ClN4O3. The van der Waals surface area contributed by atoms with Crippen molar-refractivity contribution in [2.24, 2.45) is 5.73 Å². The summed E-state index contributed by atoms with van der Waals surface area (Å²) < 4.78 is 5.51. The van der Waals surface area contributed by atoms with Gasteiger partial charge in [0.25, 0.3) is 0 Å². The number of benzene rings is 1. The van der Waals surface area contributed by atoms with Gasteiger partial charge in [0.15, 0.2) is 0 Å². The van der Waals surface area contributed by atoms with Crippen molar-refractivity contribution in [2.75, 3.05) is 26.2 Å². The molecular weight excluding hydrogens is 332 g/mol. The number of rotatable bonds is 5. The molecule has 0 unspecified atom stereocenters. The average Bonchev–Trinajstić information content (AvgIpc) is 2.59. The van der Waals surface area contributed by atoms with E-state index in [4.69, 9.17) is 22.1 Å². The Labute approximate surface area is 146 Å². The molecule has 4 N–H and O–H groups in total. The lowest BCUT2D eigenvalue weighted by Crippen LogP contribution is -2.53. The van der Waals surface area contributed by atoms with Gasteiger partial charge in [-0.05, 0) is 24.6 Å². The predicted molar refractivity (Wildman–Crippen MR) is 91.7 cm³/mol. The highest BCUT2D eigenvalue weighted by molar-refractivity contribution is 6.30. The van der Waals surface area contributed by atoms with Crippen LogP contribution in [0.4, 0.5) is 4.79 Å². The zero-order valence-electron chi connectivity index (χ0n) is 13.6. The first-order chi connectivity index (χ1) is 11.5. The number of hydrogen-bond donors (Lipinski definition) is 3. The van der Waals surface area contributed by atoms with Crippen molar-refractivity contribution < 1.29 is 14.3 Å². The van der Waals surface area contributed by atoms with Crippen molar-refractivity contribution in [3.8, 4) is 0 Å². The SMILES string of the molecule is C[C@@H](N)[C@@H]1CN(C(=O)CNC(=O)NCc2ccc(Cl)cc2)CCO1. The first-order valence-electron chi connectivity index (χ1n) is 7.87. The number of nitrogens with one attached hydrogen (secondary N) is 2. The molecule has 1 aliphatic rings. The summed E-state index contributed by atoms with van der Waals surface area (Å²) in [5, 5.41) is 5.90. The summed E-state index contributed by atoms with van der Waals surface area (Å²) in [7, 11) is 0. The van der Waals surface area contributed by atoms with Gasteiger partial charge in [-0.3, -0.25) is 4.79 Å². The van der Waals surface area contributed by atoms with E-state index in [1.807, 2.05) is 19.1 Å². The molecule has 0 saturated carbocycles. The van der Waals surface area contributed by atoms with Crippen molar-refractivity contribution in [3.63, 3.8) is 0 Å². The summed E-state index contributed by atoms with van der Waals surface area (Å²) >= 11 is 5.80. The first-order valence-corrected chi connectivity index (χ1v) is 8.24. The topological polar surface area (TPSA) is 96.7 Å². The second-order valence-electron chi connectivity index (χ2n) is 5.77. The van der Waals surface area contributed by atoms with E-state index in [9.17, 15) is 9.59 Å². The van der Waals surface area contributed by atoms with Crippen molar-refractivity contribution in [2.45, 2.75) is 25.6 Å². The number of carbonyl (C=O) groups excluding carboxylic acids is 2. The van der Waals surface area contributed by atoms with Crippen LogP contribution in [0.1, 0.15) is 12.5 Å². The summed E-state index contributed by atoms with van der Waals surface area (Å²) in [6.45, 7) is 3.57. The Bertz CT molecular complexity index is 565. The van der Waals surface area contributed by atoms with Crippen LogP contribution in [-0.4, -0.2) is 55.2 Å². The summed E-state index contributed by atoms with van der Waals surface area (Å²) in [5.41, 5.74) is 6.73. The highest BCUT2D eigenvalue weighted by Gasteiger charge is 2.26. The van der Waals surface area contributed by atoms with E-state index >= 15 is 0 Å². The number of amides is 3.